The standard InChI is InChI=1S/C16H31N3O5/c1-5-6-9-22-10-12-7-8-16(11-23-12,13(17)19-21)18-14(20)24-15(2,3)4/h12,21H,5-11H2,1-4H3,(H2,17,19)(H,18,20). The Morgan fingerprint density at radius 2 is 2.21 bits per heavy atom. The second kappa shape index (κ2) is 9.08. The van der Waals surface area contributed by atoms with Crippen LogP contribution >= 0.6 is 0 Å². The Bertz CT molecular complexity index is 426. The smallest absolute Gasteiger partial charge is 0.408 e. The number of unbranched alkanes of at least 4 members (excludes halogenated alkanes) is 1. The number of ether oxygens (including phenoxy) is 3. The first-order valence-electron chi connectivity index (χ1n) is 8.41. The van der Waals surface area contributed by atoms with Crippen LogP contribution in [0, 0.1) is 0 Å². The highest BCUT2D eigenvalue weighted by molar-refractivity contribution is 5.93. The number of oxime groups is 1. The van der Waals surface area contributed by atoms with Crippen molar-refractivity contribution in [1.29, 1.82) is 0 Å². The van der Waals surface area contributed by atoms with Crippen molar-refractivity contribution < 1.29 is 24.2 Å². The van der Waals surface area contributed by atoms with Crippen LogP contribution in [0.25, 0.3) is 0 Å². The molecule has 4 N–H and O–H groups in total. The van der Waals surface area contributed by atoms with Gasteiger partial charge in [-0.3, -0.25) is 0 Å². The van der Waals surface area contributed by atoms with Crippen molar-refractivity contribution in [3.8, 4) is 0 Å². The Balaban J connectivity index is 2.61. The number of carbonyl (C=O) groups excluding carboxylic acids is 1. The number of hydrogen-bond donors (Lipinski definition) is 3. The SMILES string of the molecule is CCCCOCC1CCC(NC(=O)OC(C)(C)C)(/C(N)=N/O)CO1. The summed E-state index contributed by atoms with van der Waals surface area (Å²) in [7, 11) is 0. The van der Waals surface area contributed by atoms with Crippen LogP contribution in [0.1, 0.15) is 53.4 Å². The number of nitrogens with two attached hydrogens (primary N) is 1. The summed E-state index contributed by atoms with van der Waals surface area (Å²) in [6.45, 7) is 8.71. The molecule has 0 aromatic carbocycles. The molecule has 2 atom stereocenters. The first kappa shape index (κ1) is 20.5. The number of hydrogen-bond acceptors (Lipinski definition) is 6. The summed E-state index contributed by atoms with van der Waals surface area (Å²) < 4.78 is 16.6. The van der Waals surface area contributed by atoms with E-state index in [4.69, 9.17) is 25.2 Å². The molecule has 2 unspecified atom stereocenters. The monoisotopic (exact) mass is 345 g/mol. The van der Waals surface area contributed by atoms with E-state index in [-0.39, 0.29) is 18.5 Å². The van der Waals surface area contributed by atoms with Gasteiger partial charge >= 0.3 is 6.09 Å². The summed E-state index contributed by atoms with van der Waals surface area (Å²) in [6, 6.07) is 0. The van der Waals surface area contributed by atoms with E-state index in [1.807, 2.05) is 0 Å². The molecule has 0 radical (unpaired) electrons. The number of amidine groups is 1. The lowest BCUT2D eigenvalue weighted by molar-refractivity contribution is -0.0639. The van der Waals surface area contributed by atoms with Crippen LogP contribution in [0.3, 0.4) is 0 Å². The molecule has 1 rings (SSSR count). The molecular weight excluding hydrogens is 314 g/mol. The van der Waals surface area contributed by atoms with Gasteiger partial charge in [0.15, 0.2) is 5.84 Å². The van der Waals surface area contributed by atoms with Gasteiger partial charge in [-0.05, 0) is 40.0 Å². The minimum absolute atomic E-state index is 0.0677. The molecule has 0 bridgehead atoms. The van der Waals surface area contributed by atoms with Crippen LogP contribution in [-0.2, 0) is 14.2 Å². The van der Waals surface area contributed by atoms with Crippen molar-refractivity contribution in [3.05, 3.63) is 0 Å². The minimum atomic E-state index is -1.07. The fourth-order valence-corrected chi connectivity index (χ4v) is 2.37. The van der Waals surface area contributed by atoms with E-state index in [0.717, 1.165) is 12.8 Å². The molecule has 140 valence electrons. The third-order valence-corrected chi connectivity index (χ3v) is 3.74. The fraction of sp³-hybridized carbons (Fsp3) is 0.875. The lowest BCUT2D eigenvalue weighted by Gasteiger charge is -2.39. The maximum atomic E-state index is 12.1. The second-order valence-electron chi connectivity index (χ2n) is 7.09. The van der Waals surface area contributed by atoms with Gasteiger partial charge in [0.05, 0.1) is 19.3 Å². The Morgan fingerprint density at radius 1 is 1.50 bits per heavy atom. The van der Waals surface area contributed by atoms with Gasteiger partial charge in [-0.2, -0.15) is 0 Å². The maximum absolute atomic E-state index is 12.1. The molecule has 1 saturated heterocycles. The molecule has 8 nitrogen and oxygen atoms in total. The lowest BCUT2D eigenvalue weighted by Crippen LogP contribution is -2.63. The Labute approximate surface area is 143 Å². The van der Waals surface area contributed by atoms with Crippen molar-refractivity contribution in [3.63, 3.8) is 0 Å². The topological polar surface area (TPSA) is 115 Å². The third-order valence-electron chi connectivity index (χ3n) is 3.74. The highest BCUT2D eigenvalue weighted by Crippen LogP contribution is 2.25. The van der Waals surface area contributed by atoms with E-state index in [1.165, 1.54) is 0 Å². The summed E-state index contributed by atoms with van der Waals surface area (Å²) in [6.07, 6.45) is 2.50. The predicted molar refractivity (Wildman–Crippen MR) is 90.2 cm³/mol. The molecule has 24 heavy (non-hydrogen) atoms. The molecule has 1 heterocycles. The molecular formula is C16H31N3O5. The van der Waals surface area contributed by atoms with Crippen LogP contribution in [0.5, 0.6) is 0 Å². The van der Waals surface area contributed by atoms with Gasteiger partial charge in [-0.1, -0.05) is 18.5 Å². The van der Waals surface area contributed by atoms with E-state index in [9.17, 15) is 4.79 Å². The van der Waals surface area contributed by atoms with Crippen LogP contribution in [0.4, 0.5) is 4.79 Å². The predicted octanol–water partition coefficient (Wildman–Crippen LogP) is 1.99. The summed E-state index contributed by atoms with van der Waals surface area (Å²) in [5.41, 5.74) is 4.09. The zero-order valence-corrected chi connectivity index (χ0v) is 15.1. The average Bonchev–Trinajstić information content (AvgIpc) is 2.50. The Morgan fingerprint density at radius 3 is 2.71 bits per heavy atom. The molecule has 0 spiro atoms. The molecule has 1 fully saturated rings. The summed E-state index contributed by atoms with van der Waals surface area (Å²) in [5.74, 6) is -0.0984. The summed E-state index contributed by atoms with van der Waals surface area (Å²) in [4.78, 5) is 12.1. The molecule has 1 aliphatic rings. The van der Waals surface area contributed by atoms with E-state index in [0.29, 0.717) is 26.1 Å². The van der Waals surface area contributed by atoms with Gasteiger partial charge in [-0.15, -0.1) is 0 Å². The fourth-order valence-electron chi connectivity index (χ4n) is 2.37. The quantitative estimate of drug-likeness (QED) is 0.214. The van der Waals surface area contributed by atoms with Gasteiger partial charge < -0.3 is 30.5 Å². The Hall–Kier alpha value is -1.54. The van der Waals surface area contributed by atoms with Crippen LogP contribution in [-0.4, -0.2) is 54.2 Å². The third kappa shape index (κ3) is 6.52. The van der Waals surface area contributed by atoms with Crippen LogP contribution in [0.2, 0.25) is 0 Å². The van der Waals surface area contributed by atoms with Gasteiger partial charge in [0, 0.05) is 6.61 Å². The highest BCUT2D eigenvalue weighted by atomic mass is 16.6. The summed E-state index contributed by atoms with van der Waals surface area (Å²) in [5, 5.41) is 14.8. The highest BCUT2D eigenvalue weighted by Gasteiger charge is 2.42. The lowest BCUT2D eigenvalue weighted by atomic mass is 9.89. The number of amides is 1. The molecule has 0 aromatic rings. The van der Waals surface area contributed by atoms with E-state index >= 15 is 0 Å². The van der Waals surface area contributed by atoms with Crippen molar-refractivity contribution >= 4 is 11.9 Å². The van der Waals surface area contributed by atoms with Crippen molar-refractivity contribution in [2.24, 2.45) is 10.9 Å². The number of nitrogens with one attached hydrogen (secondary N) is 1. The largest absolute Gasteiger partial charge is 0.444 e. The summed E-state index contributed by atoms with van der Waals surface area (Å²) >= 11 is 0. The normalized spacial score (nSPS) is 25.3. The second-order valence-corrected chi connectivity index (χ2v) is 7.09. The van der Waals surface area contributed by atoms with E-state index in [2.05, 4.69) is 17.4 Å². The molecule has 1 amide bonds. The van der Waals surface area contributed by atoms with Gasteiger partial charge in [0.1, 0.15) is 11.1 Å². The molecule has 8 heteroatoms. The zero-order chi connectivity index (χ0) is 18.2. The van der Waals surface area contributed by atoms with Gasteiger partial charge in [0.25, 0.3) is 0 Å². The van der Waals surface area contributed by atoms with E-state index in [1.54, 1.807) is 20.8 Å². The van der Waals surface area contributed by atoms with Gasteiger partial charge in [0.2, 0.25) is 0 Å². The molecule has 0 aliphatic carbocycles. The van der Waals surface area contributed by atoms with Crippen molar-refractivity contribution in [2.45, 2.75) is 70.6 Å². The molecule has 1 aliphatic heterocycles. The van der Waals surface area contributed by atoms with Crippen LogP contribution in [0.15, 0.2) is 5.16 Å². The average molecular weight is 345 g/mol. The van der Waals surface area contributed by atoms with Crippen LogP contribution < -0.4 is 11.1 Å². The number of rotatable bonds is 7. The maximum Gasteiger partial charge on any atom is 0.408 e. The first-order valence-corrected chi connectivity index (χ1v) is 8.41. The Kier molecular flexibility index (Phi) is 7.75. The number of carbonyl (C=O) groups is 1. The number of nitrogens with zero attached hydrogens (tertiary/aromatic N) is 1. The van der Waals surface area contributed by atoms with E-state index < -0.39 is 17.2 Å². The molecule has 0 aromatic heterocycles. The zero-order valence-electron chi connectivity index (χ0n) is 15.1. The van der Waals surface area contributed by atoms with Crippen molar-refractivity contribution in [2.75, 3.05) is 19.8 Å². The number of alkyl carbamates (subject to hydrolysis) is 1. The minimum Gasteiger partial charge on any atom is -0.444 e. The van der Waals surface area contributed by atoms with Crippen molar-refractivity contribution in [1.82, 2.24) is 5.32 Å². The van der Waals surface area contributed by atoms with Gasteiger partial charge in [-0.25, -0.2) is 4.79 Å². The molecule has 0 saturated carbocycles. The first-order chi connectivity index (χ1) is 11.2.